The van der Waals surface area contributed by atoms with E-state index in [2.05, 4.69) is 19.1 Å². The van der Waals surface area contributed by atoms with Gasteiger partial charge < -0.3 is 0 Å². The molecule has 3 aliphatic carbocycles. The molecule has 150 valence electrons. The van der Waals surface area contributed by atoms with Crippen LogP contribution < -0.4 is 0 Å². The highest BCUT2D eigenvalue weighted by Crippen LogP contribution is 2.47. The summed E-state index contributed by atoms with van der Waals surface area (Å²) in [5.41, 5.74) is 0. The van der Waals surface area contributed by atoms with Gasteiger partial charge in [0.25, 0.3) is 0 Å². The van der Waals surface area contributed by atoms with Gasteiger partial charge in [-0.15, -0.1) is 0 Å². The second kappa shape index (κ2) is 9.69. The van der Waals surface area contributed by atoms with Crippen LogP contribution in [0.3, 0.4) is 0 Å². The van der Waals surface area contributed by atoms with Crippen molar-refractivity contribution in [1.29, 1.82) is 0 Å². The molecule has 0 aromatic heterocycles. The molecule has 0 radical (unpaired) electrons. The van der Waals surface area contributed by atoms with Crippen LogP contribution in [0.4, 0.5) is 8.78 Å². The van der Waals surface area contributed by atoms with Crippen LogP contribution >= 0.6 is 0 Å². The Balaban J connectivity index is 1.42. The summed E-state index contributed by atoms with van der Waals surface area (Å²) in [5.74, 6) is 2.93. The summed E-state index contributed by atoms with van der Waals surface area (Å²) < 4.78 is 28.6. The zero-order valence-corrected chi connectivity index (χ0v) is 17.0. The summed E-state index contributed by atoms with van der Waals surface area (Å²) in [7, 11) is 0. The summed E-state index contributed by atoms with van der Waals surface area (Å²) >= 11 is 0. The molecule has 26 heavy (non-hydrogen) atoms. The van der Waals surface area contributed by atoms with Crippen LogP contribution in [0.25, 0.3) is 0 Å². The minimum atomic E-state index is -1.22. The highest BCUT2D eigenvalue weighted by molar-refractivity contribution is 4.94. The smallest absolute Gasteiger partial charge is 0.134 e. The van der Waals surface area contributed by atoms with Crippen molar-refractivity contribution in [2.24, 2.45) is 35.5 Å². The van der Waals surface area contributed by atoms with Gasteiger partial charge in [0.2, 0.25) is 0 Å². The van der Waals surface area contributed by atoms with Gasteiger partial charge in [-0.2, -0.15) is 0 Å². The van der Waals surface area contributed by atoms with Gasteiger partial charge in [-0.1, -0.05) is 32.4 Å². The summed E-state index contributed by atoms with van der Waals surface area (Å²) in [6.45, 7) is 4.11. The number of unbranched alkanes of at least 4 members (excludes halogenated alkanes) is 1. The monoisotopic (exact) mass is 366 g/mol. The van der Waals surface area contributed by atoms with Crippen LogP contribution in [0.2, 0.25) is 0 Å². The maximum Gasteiger partial charge on any atom is 0.134 e. The standard InChI is InChI=1S/C24H40F2/c1-3-4-5-6-18-8-10-19(11-9-18)20-12-14-21(15-13-20)22-16-7-17(2)23(25)24(22)26/h5-6,17-24H,3-4,7-16H2,1-2H3/b6-5+. The van der Waals surface area contributed by atoms with Gasteiger partial charge in [0.1, 0.15) is 12.3 Å². The van der Waals surface area contributed by atoms with E-state index < -0.39 is 12.3 Å². The van der Waals surface area contributed by atoms with E-state index >= 15 is 0 Å². The predicted octanol–water partition coefficient (Wildman–Crippen LogP) is 7.68. The largest absolute Gasteiger partial charge is 0.244 e. The van der Waals surface area contributed by atoms with Gasteiger partial charge >= 0.3 is 0 Å². The Bertz CT molecular complexity index is 429. The Hall–Kier alpha value is -0.400. The molecule has 0 spiro atoms. The molecule has 4 atom stereocenters. The molecule has 3 aliphatic rings. The normalized spacial score (nSPS) is 45.1. The van der Waals surface area contributed by atoms with E-state index in [1.165, 1.54) is 51.4 Å². The summed E-state index contributed by atoms with van der Waals surface area (Å²) in [6, 6.07) is 0. The topological polar surface area (TPSA) is 0 Å². The quantitative estimate of drug-likeness (QED) is 0.438. The molecule has 3 rings (SSSR count). The van der Waals surface area contributed by atoms with Crippen LogP contribution in [0.1, 0.15) is 90.9 Å². The molecule has 4 unspecified atom stereocenters. The van der Waals surface area contributed by atoms with Crippen LogP contribution in [-0.2, 0) is 0 Å². The van der Waals surface area contributed by atoms with E-state index in [9.17, 15) is 8.78 Å². The van der Waals surface area contributed by atoms with Gasteiger partial charge in [0.15, 0.2) is 0 Å². The molecule has 0 N–H and O–H groups in total. The number of halogens is 2. The van der Waals surface area contributed by atoms with E-state index in [1.54, 1.807) is 0 Å². The number of hydrogen-bond donors (Lipinski definition) is 0. The molecule has 0 amide bonds. The minimum absolute atomic E-state index is 0.00147. The zero-order chi connectivity index (χ0) is 18.5. The third kappa shape index (κ3) is 4.90. The van der Waals surface area contributed by atoms with E-state index in [0.717, 1.165) is 43.4 Å². The lowest BCUT2D eigenvalue weighted by molar-refractivity contribution is -0.00986. The first kappa shape index (κ1) is 20.3. The molecule has 0 aromatic rings. The van der Waals surface area contributed by atoms with Crippen LogP contribution in [0, 0.1) is 35.5 Å². The molecule has 0 aliphatic heterocycles. The van der Waals surface area contributed by atoms with Crippen molar-refractivity contribution >= 4 is 0 Å². The van der Waals surface area contributed by atoms with E-state index in [-0.39, 0.29) is 11.8 Å². The Labute approximate surface area is 160 Å². The SMILES string of the molecule is CCC/C=C/C1CCC(C2CCC(C3CCC(C)C(F)C3F)CC2)CC1. The first-order chi connectivity index (χ1) is 12.6. The van der Waals surface area contributed by atoms with Gasteiger partial charge in [0.05, 0.1) is 0 Å². The molecule has 3 fully saturated rings. The number of hydrogen-bond acceptors (Lipinski definition) is 0. The van der Waals surface area contributed by atoms with E-state index in [1.807, 2.05) is 6.92 Å². The minimum Gasteiger partial charge on any atom is -0.244 e. The molecule has 0 saturated heterocycles. The Kier molecular flexibility index (Phi) is 7.58. The summed E-state index contributed by atoms with van der Waals surface area (Å²) in [4.78, 5) is 0. The molecule has 0 heterocycles. The maximum absolute atomic E-state index is 14.5. The van der Waals surface area contributed by atoms with Gasteiger partial charge in [-0.3, -0.25) is 0 Å². The lowest BCUT2D eigenvalue weighted by Gasteiger charge is -2.42. The maximum atomic E-state index is 14.5. The first-order valence-corrected chi connectivity index (χ1v) is 11.5. The summed E-state index contributed by atoms with van der Waals surface area (Å²) in [6.07, 6.45) is 17.0. The number of allylic oxidation sites excluding steroid dienone is 2. The van der Waals surface area contributed by atoms with Crippen LogP contribution in [-0.4, -0.2) is 12.3 Å². The third-order valence-electron chi connectivity index (χ3n) is 7.98. The fourth-order valence-electron chi connectivity index (χ4n) is 6.13. The lowest BCUT2D eigenvalue weighted by Crippen LogP contribution is -2.41. The fourth-order valence-corrected chi connectivity index (χ4v) is 6.13. The van der Waals surface area contributed by atoms with Crippen LogP contribution in [0.5, 0.6) is 0 Å². The average molecular weight is 367 g/mol. The van der Waals surface area contributed by atoms with Crippen molar-refractivity contribution in [3.05, 3.63) is 12.2 Å². The Morgan fingerprint density at radius 2 is 1.31 bits per heavy atom. The highest BCUT2D eigenvalue weighted by Gasteiger charge is 2.43. The van der Waals surface area contributed by atoms with Crippen molar-refractivity contribution < 1.29 is 8.78 Å². The van der Waals surface area contributed by atoms with Crippen molar-refractivity contribution in [1.82, 2.24) is 0 Å². The van der Waals surface area contributed by atoms with Crippen molar-refractivity contribution in [3.63, 3.8) is 0 Å². The fraction of sp³-hybridized carbons (Fsp3) is 0.917. The molecule has 3 saturated carbocycles. The molecular weight excluding hydrogens is 326 g/mol. The third-order valence-corrected chi connectivity index (χ3v) is 7.98. The second-order valence-corrected chi connectivity index (χ2v) is 9.67. The highest BCUT2D eigenvalue weighted by atomic mass is 19.2. The van der Waals surface area contributed by atoms with E-state index in [4.69, 9.17) is 0 Å². The Morgan fingerprint density at radius 1 is 0.731 bits per heavy atom. The zero-order valence-electron chi connectivity index (χ0n) is 17.0. The van der Waals surface area contributed by atoms with Crippen molar-refractivity contribution in [2.75, 3.05) is 0 Å². The van der Waals surface area contributed by atoms with Gasteiger partial charge in [0, 0.05) is 0 Å². The van der Waals surface area contributed by atoms with Crippen molar-refractivity contribution in [3.8, 4) is 0 Å². The molecule has 2 heteroatoms. The van der Waals surface area contributed by atoms with Gasteiger partial charge in [-0.25, -0.2) is 8.78 Å². The summed E-state index contributed by atoms with van der Waals surface area (Å²) in [5, 5.41) is 0. The van der Waals surface area contributed by atoms with Crippen molar-refractivity contribution in [2.45, 2.75) is 103 Å². The second-order valence-electron chi connectivity index (χ2n) is 9.67. The molecular formula is C24H40F2. The van der Waals surface area contributed by atoms with Gasteiger partial charge in [-0.05, 0) is 106 Å². The van der Waals surface area contributed by atoms with E-state index in [0.29, 0.717) is 5.92 Å². The first-order valence-electron chi connectivity index (χ1n) is 11.5. The molecule has 0 bridgehead atoms. The number of rotatable bonds is 5. The van der Waals surface area contributed by atoms with Crippen LogP contribution in [0.15, 0.2) is 12.2 Å². The lowest BCUT2D eigenvalue weighted by atomic mass is 9.64. The number of alkyl halides is 2. The average Bonchev–Trinajstić information content (AvgIpc) is 2.67. The predicted molar refractivity (Wildman–Crippen MR) is 107 cm³/mol. The molecule has 0 aromatic carbocycles. The Morgan fingerprint density at radius 3 is 1.92 bits per heavy atom. The molecule has 0 nitrogen and oxygen atoms in total.